The Morgan fingerprint density at radius 2 is 1.66 bits per heavy atom. The van der Waals surface area contributed by atoms with E-state index < -0.39 is 0 Å². The average molecular weight is 393 g/mol. The van der Waals surface area contributed by atoms with Crippen molar-refractivity contribution in [3.05, 3.63) is 53.0 Å². The second-order valence-corrected chi connectivity index (χ2v) is 8.15. The van der Waals surface area contributed by atoms with Crippen LogP contribution in [0.5, 0.6) is 0 Å². The number of hydrogen-bond donors (Lipinski definition) is 0. The minimum atomic E-state index is 0.0195. The van der Waals surface area contributed by atoms with Gasteiger partial charge in [-0.2, -0.15) is 0 Å². The number of rotatable bonds is 4. The molecule has 3 heterocycles. The Morgan fingerprint density at radius 3 is 2.34 bits per heavy atom. The van der Waals surface area contributed by atoms with Gasteiger partial charge in [0.15, 0.2) is 0 Å². The van der Waals surface area contributed by atoms with Gasteiger partial charge in [0, 0.05) is 50.0 Å². The van der Waals surface area contributed by atoms with Crippen LogP contribution in [0.1, 0.15) is 45.5 Å². The maximum absolute atomic E-state index is 12.6. The first-order valence-electron chi connectivity index (χ1n) is 10.3. The second kappa shape index (κ2) is 7.81. The van der Waals surface area contributed by atoms with E-state index in [4.69, 9.17) is 4.98 Å². The van der Waals surface area contributed by atoms with Crippen LogP contribution < -0.4 is 15.4 Å². The Morgan fingerprint density at radius 1 is 0.931 bits per heavy atom. The summed E-state index contributed by atoms with van der Waals surface area (Å²) in [6.07, 6.45) is 3.50. The molecule has 3 aromatic rings. The third kappa shape index (κ3) is 3.81. The molecule has 4 rings (SSSR count). The molecule has 0 bridgehead atoms. The molecule has 0 amide bonds. The molecule has 0 radical (unpaired) electrons. The lowest BCUT2D eigenvalue weighted by Crippen LogP contribution is -2.47. The number of piperazine rings is 1. The van der Waals surface area contributed by atoms with Crippen molar-refractivity contribution in [1.29, 1.82) is 0 Å². The van der Waals surface area contributed by atoms with Gasteiger partial charge in [-0.25, -0.2) is 15.0 Å². The van der Waals surface area contributed by atoms with Crippen LogP contribution in [-0.4, -0.2) is 45.7 Å². The molecule has 0 unspecified atom stereocenters. The first-order chi connectivity index (χ1) is 13.9. The molecule has 1 aromatic carbocycles. The van der Waals surface area contributed by atoms with Crippen molar-refractivity contribution in [3.63, 3.8) is 0 Å². The Kier molecular flexibility index (Phi) is 5.22. The van der Waals surface area contributed by atoms with Gasteiger partial charge in [-0.3, -0.25) is 9.36 Å². The lowest BCUT2D eigenvalue weighted by Gasteiger charge is -2.36. The maximum atomic E-state index is 12.6. The molecule has 29 heavy (non-hydrogen) atoms. The number of nitrogens with zero attached hydrogens (tertiary/aromatic N) is 6. The van der Waals surface area contributed by atoms with E-state index in [-0.39, 0.29) is 11.6 Å². The second-order valence-electron chi connectivity index (χ2n) is 8.15. The third-order valence-corrected chi connectivity index (χ3v) is 5.47. The zero-order valence-electron chi connectivity index (χ0n) is 17.5. The molecule has 152 valence electrons. The number of benzene rings is 1. The van der Waals surface area contributed by atoms with Gasteiger partial charge in [0.05, 0.1) is 17.2 Å². The van der Waals surface area contributed by atoms with Gasteiger partial charge < -0.3 is 9.80 Å². The van der Waals surface area contributed by atoms with Gasteiger partial charge in [0.2, 0.25) is 0 Å². The van der Waals surface area contributed by atoms with Crippen LogP contribution in [0.3, 0.4) is 0 Å². The normalized spacial score (nSPS) is 15.0. The molecule has 7 nitrogen and oxygen atoms in total. The molecule has 0 spiro atoms. The van der Waals surface area contributed by atoms with Crippen molar-refractivity contribution in [3.8, 4) is 0 Å². The molecule has 1 aliphatic rings. The highest BCUT2D eigenvalue weighted by atomic mass is 16.1. The molecule has 1 aliphatic heterocycles. The van der Waals surface area contributed by atoms with Crippen molar-refractivity contribution in [2.75, 3.05) is 36.0 Å². The summed E-state index contributed by atoms with van der Waals surface area (Å²) in [5.74, 6) is 2.21. The van der Waals surface area contributed by atoms with Gasteiger partial charge in [-0.15, -0.1) is 0 Å². The summed E-state index contributed by atoms with van der Waals surface area (Å²) in [4.78, 5) is 30.9. The third-order valence-electron chi connectivity index (χ3n) is 5.47. The quantitative estimate of drug-likeness (QED) is 0.679. The minimum Gasteiger partial charge on any atom is -0.368 e. The average Bonchev–Trinajstić information content (AvgIpc) is 2.73. The molecule has 1 saturated heterocycles. The summed E-state index contributed by atoms with van der Waals surface area (Å²) in [6, 6.07) is 8.06. The van der Waals surface area contributed by atoms with Crippen molar-refractivity contribution in [1.82, 2.24) is 19.5 Å². The van der Waals surface area contributed by atoms with Gasteiger partial charge >= 0.3 is 0 Å². The van der Waals surface area contributed by atoms with Crippen molar-refractivity contribution >= 4 is 22.4 Å². The summed E-state index contributed by atoms with van der Waals surface area (Å²) < 4.78 is 1.67. The van der Waals surface area contributed by atoms with Crippen LogP contribution in [0.4, 0.5) is 11.5 Å². The van der Waals surface area contributed by atoms with Crippen LogP contribution >= 0.6 is 0 Å². The molecule has 0 atom stereocenters. The first-order valence-corrected chi connectivity index (χ1v) is 10.3. The van der Waals surface area contributed by atoms with E-state index in [0.717, 1.165) is 49.0 Å². The van der Waals surface area contributed by atoms with Crippen LogP contribution in [0.2, 0.25) is 0 Å². The van der Waals surface area contributed by atoms with E-state index in [1.165, 1.54) is 0 Å². The molecule has 0 N–H and O–H groups in total. The Hall–Kier alpha value is -2.96. The molecule has 0 aliphatic carbocycles. The highest BCUT2D eigenvalue weighted by Crippen LogP contribution is 2.23. The number of fused-ring (bicyclic) bond motifs is 1. The number of hydrogen-bond acceptors (Lipinski definition) is 6. The fourth-order valence-corrected chi connectivity index (χ4v) is 3.70. The predicted molar refractivity (Wildman–Crippen MR) is 117 cm³/mol. The highest BCUT2D eigenvalue weighted by Gasteiger charge is 2.20. The molecule has 2 aromatic heterocycles. The molecule has 7 heteroatoms. The first kappa shape index (κ1) is 19.4. The monoisotopic (exact) mass is 392 g/mol. The van der Waals surface area contributed by atoms with E-state index in [0.29, 0.717) is 11.3 Å². The van der Waals surface area contributed by atoms with E-state index in [1.807, 2.05) is 44.3 Å². The van der Waals surface area contributed by atoms with Gasteiger partial charge in [0.1, 0.15) is 11.6 Å². The van der Waals surface area contributed by atoms with E-state index in [2.05, 4.69) is 33.6 Å². The fourth-order valence-electron chi connectivity index (χ4n) is 3.70. The van der Waals surface area contributed by atoms with E-state index in [1.54, 1.807) is 10.9 Å². The van der Waals surface area contributed by atoms with Gasteiger partial charge in [0.25, 0.3) is 5.56 Å². The van der Waals surface area contributed by atoms with Gasteiger partial charge in [-0.05, 0) is 38.1 Å². The van der Waals surface area contributed by atoms with Gasteiger partial charge in [-0.1, -0.05) is 13.8 Å². The van der Waals surface area contributed by atoms with Crippen LogP contribution in [0.25, 0.3) is 10.9 Å². The lowest BCUT2D eigenvalue weighted by atomic mass is 10.2. The Bertz CT molecular complexity index is 1070. The predicted octanol–water partition coefficient (Wildman–Crippen LogP) is 3.22. The minimum absolute atomic E-state index is 0.0195. The smallest absolute Gasteiger partial charge is 0.261 e. The molecule has 1 fully saturated rings. The fraction of sp³-hybridized carbons (Fsp3) is 0.455. The standard InChI is InChI=1S/C22H28N6O/c1-15(2)21-23-8-7-20(25-21)27-11-9-26(10-12-27)17-5-6-18-19(13-17)24-14-28(16(3)4)22(18)29/h5-8,13-16H,9-12H2,1-4H3. The van der Waals surface area contributed by atoms with E-state index >= 15 is 0 Å². The van der Waals surface area contributed by atoms with Crippen molar-refractivity contribution in [2.24, 2.45) is 0 Å². The lowest BCUT2D eigenvalue weighted by molar-refractivity contribution is 0.573. The molecular weight excluding hydrogens is 364 g/mol. The number of aromatic nitrogens is 4. The molecular formula is C22H28N6O. The van der Waals surface area contributed by atoms with Crippen LogP contribution in [0, 0.1) is 0 Å². The number of anilines is 2. The van der Waals surface area contributed by atoms with Crippen LogP contribution in [-0.2, 0) is 0 Å². The SMILES string of the molecule is CC(C)c1nccc(N2CCN(c3ccc4c(=O)n(C(C)C)cnc4c3)CC2)n1. The Balaban J connectivity index is 1.51. The summed E-state index contributed by atoms with van der Waals surface area (Å²) >= 11 is 0. The van der Waals surface area contributed by atoms with Crippen molar-refractivity contribution < 1.29 is 0 Å². The summed E-state index contributed by atoms with van der Waals surface area (Å²) in [5, 5.41) is 0.672. The zero-order valence-corrected chi connectivity index (χ0v) is 17.5. The summed E-state index contributed by atoms with van der Waals surface area (Å²) in [6.45, 7) is 11.8. The largest absolute Gasteiger partial charge is 0.368 e. The zero-order chi connectivity index (χ0) is 20.5. The van der Waals surface area contributed by atoms with Crippen LogP contribution in [0.15, 0.2) is 41.6 Å². The summed E-state index contributed by atoms with van der Waals surface area (Å²) in [5.41, 5.74) is 1.88. The van der Waals surface area contributed by atoms with E-state index in [9.17, 15) is 4.79 Å². The van der Waals surface area contributed by atoms with Crippen molar-refractivity contribution in [2.45, 2.75) is 39.7 Å². The summed E-state index contributed by atoms with van der Waals surface area (Å²) in [7, 11) is 0. The molecule has 0 saturated carbocycles. The maximum Gasteiger partial charge on any atom is 0.261 e. The Labute approximate surface area is 171 Å². The topological polar surface area (TPSA) is 67.2 Å². The highest BCUT2D eigenvalue weighted by molar-refractivity contribution is 5.81.